The monoisotopic (exact) mass is 445 g/mol. The molecule has 2 aromatic carbocycles. The highest BCUT2D eigenvalue weighted by Crippen LogP contribution is 2.37. The third kappa shape index (κ3) is 3.91. The van der Waals surface area contributed by atoms with Crippen LogP contribution in [-0.2, 0) is 6.18 Å². The lowest BCUT2D eigenvalue weighted by Crippen LogP contribution is -2.09. The van der Waals surface area contributed by atoms with Gasteiger partial charge in [-0.2, -0.15) is 13.2 Å². The topological polar surface area (TPSA) is 69.6 Å². The van der Waals surface area contributed by atoms with E-state index >= 15 is 0 Å². The molecule has 0 aliphatic heterocycles. The Balaban J connectivity index is 1.73. The van der Waals surface area contributed by atoms with Crippen LogP contribution >= 0.6 is 0 Å². The molecule has 8 heteroatoms. The number of pyridine rings is 2. The molecule has 164 valence electrons. The number of imidazole rings is 1. The predicted molar refractivity (Wildman–Crippen MR) is 122 cm³/mol. The summed E-state index contributed by atoms with van der Waals surface area (Å²) in [5, 5.41) is 0.582. The molecule has 0 radical (unpaired) electrons. The lowest BCUT2D eigenvalue weighted by Gasteiger charge is -2.15. The Morgan fingerprint density at radius 1 is 0.909 bits per heavy atom. The lowest BCUT2D eigenvalue weighted by atomic mass is 9.99. The number of hydrogen-bond donors (Lipinski definition) is 1. The van der Waals surface area contributed by atoms with Gasteiger partial charge < -0.3 is 10.3 Å². The second-order valence-corrected chi connectivity index (χ2v) is 7.71. The minimum Gasteiger partial charge on any atom is -0.399 e. The fourth-order valence-electron chi connectivity index (χ4n) is 3.75. The Hall–Kier alpha value is -4.20. The molecule has 3 aromatic heterocycles. The number of aryl methyl sites for hydroxylation is 1. The number of anilines is 1. The van der Waals surface area contributed by atoms with Crippen LogP contribution in [0.2, 0.25) is 0 Å². The van der Waals surface area contributed by atoms with Gasteiger partial charge in [0, 0.05) is 34.7 Å². The number of benzene rings is 2. The van der Waals surface area contributed by atoms with E-state index in [0.29, 0.717) is 33.6 Å². The minimum atomic E-state index is -4.61. The van der Waals surface area contributed by atoms with Gasteiger partial charge >= 0.3 is 6.18 Å². The van der Waals surface area contributed by atoms with E-state index in [-0.39, 0.29) is 5.52 Å². The van der Waals surface area contributed by atoms with Crippen molar-refractivity contribution in [3.05, 3.63) is 90.8 Å². The van der Waals surface area contributed by atoms with E-state index in [4.69, 9.17) is 5.73 Å². The molecule has 5 nitrogen and oxygen atoms in total. The quantitative estimate of drug-likeness (QED) is 0.343. The van der Waals surface area contributed by atoms with Crippen LogP contribution in [-0.4, -0.2) is 19.5 Å². The molecule has 0 bridgehead atoms. The van der Waals surface area contributed by atoms with Crippen molar-refractivity contribution < 1.29 is 13.2 Å². The van der Waals surface area contributed by atoms with E-state index in [9.17, 15) is 13.2 Å². The van der Waals surface area contributed by atoms with Crippen molar-refractivity contribution in [3.63, 3.8) is 0 Å². The molecule has 0 spiro atoms. The first kappa shape index (κ1) is 20.7. The van der Waals surface area contributed by atoms with Crippen LogP contribution in [0.5, 0.6) is 0 Å². The van der Waals surface area contributed by atoms with Crippen molar-refractivity contribution in [1.29, 1.82) is 0 Å². The zero-order chi connectivity index (χ0) is 23.2. The Morgan fingerprint density at radius 3 is 2.45 bits per heavy atom. The number of halogens is 3. The first-order valence-corrected chi connectivity index (χ1v) is 10.1. The van der Waals surface area contributed by atoms with Gasteiger partial charge in [0.2, 0.25) is 0 Å². The fourth-order valence-corrected chi connectivity index (χ4v) is 3.75. The van der Waals surface area contributed by atoms with E-state index < -0.39 is 11.9 Å². The minimum absolute atomic E-state index is 0.218. The average Bonchev–Trinajstić information content (AvgIpc) is 3.28. The van der Waals surface area contributed by atoms with E-state index in [1.54, 1.807) is 65.8 Å². The molecule has 3 heterocycles. The Morgan fingerprint density at radius 2 is 1.73 bits per heavy atom. The molecule has 33 heavy (non-hydrogen) atoms. The molecule has 0 aliphatic rings. The zero-order valence-electron chi connectivity index (χ0n) is 17.5. The van der Waals surface area contributed by atoms with Gasteiger partial charge in [0.15, 0.2) is 0 Å². The second kappa shape index (κ2) is 7.74. The summed E-state index contributed by atoms with van der Waals surface area (Å²) in [4.78, 5) is 12.7. The number of alkyl halides is 3. The Labute approximate surface area is 187 Å². The van der Waals surface area contributed by atoms with E-state index in [0.717, 1.165) is 17.3 Å². The zero-order valence-corrected chi connectivity index (χ0v) is 17.5. The third-order valence-electron chi connectivity index (χ3n) is 5.37. The predicted octanol–water partition coefficient (Wildman–Crippen LogP) is 6.06. The maximum absolute atomic E-state index is 13.8. The summed E-state index contributed by atoms with van der Waals surface area (Å²) in [6.45, 7) is 1.89. The number of nitrogens with zero attached hydrogens (tertiary/aromatic N) is 4. The molecule has 0 atom stereocenters. The van der Waals surface area contributed by atoms with Crippen LogP contribution < -0.4 is 5.73 Å². The maximum atomic E-state index is 13.8. The first-order valence-electron chi connectivity index (χ1n) is 10.1. The summed E-state index contributed by atoms with van der Waals surface area (Å²) < 4.78 is 43.0. The molecule has 0 saturated heterocycles. The molecular weight excluding hydrogens is 427 g/mol. The van der Waals surface area contributed by atoms with Crippen molar-refractivity contribution in [2.75, 3.05) is 5.73 Å². The van der Waals surface area contributed by atoms with Gasteiger partial charge in [0.1, 0.15) is 5.69 Å². The SMILES string of the molecule is Cc1ccc(-c2cn(-c3cccc4c(-c5cccc(N)c5)cc(C(F)(F)F)nc34)cn2)cn1. The summed E-state index contributed by atoms with van der Waals surface area (Å²) in [6.07, 6.45) is 0.419. The van der Waals surface area contributed by atoms with Crippen LogP contribution in [0.4, 0.5) is 18.9 Å². The van der Waals surface area contributed by atoms with E-state index in [2.05, 4.69) is 15.0 Å². The smallest absolute Gasteiger partial charge is 0.399 e. The highest BCUT2D eigenvalue weighted by molar-refractivity contribution is 5.99. The van der Waals surface area contributed by atoms with Gasteiger partial charge in [-0.3, -0.25) is 4.98 Å². The number of hydrogen-bond acceptors (Lipinski definition) is 4. The fraction of sp³-hybridized carbons (Fsp3) is 0.0800. The molecular formula is C25H18F3N5. The highest BCUT2D eigenvalue weighted by Gasteiger charge is 2.34. The second-order valence-electron chi connectivity index (χ2n) is 7.71. The number of nitrogen functional groups attached to an aromatic ring is 1. The summed E-state index contributed by atoms with van der Waals surface area (Å²) in [5.74, 6) is 0. The summed E-state index contributed by atoms with van der Waals surface area (Å²) in [6, 6.07) is 16.9. The molecule has 2 N–H and O–H groups in total. The van der Waals surface area contributed by atoms with Gasteiger partial charge in [0.25, 0.3) is 0 Å². The number of para-hydroxylation sites is 1. The third-order valence-corrected chi connectivity index (χ3v) is 5.37. The molecule has 0 aliphatic carbocycles. The van der Waals surface area contributed by atoms with Gasteiger partial charge in [-0.1, -0.05) is 24.3 Å². The molecule has 0 amide bonds. The maximum Gasteiger partial charge on any atom is 0.433 e. The van der Waals surface area contributed by atoms with Crippen molar-refractivity contribution >= 4 is 16.6 Å². The molecule has 5 aromatic rings. The van der Waals surface area contributed by atoms with Crippen molar-refractivity contribution in [3.8, 4) is 28.1 Å². The van der Waals surface area contributed by atoms with Gasteiger partial charge in [-0.25, -0.2) is 9.97 Å². The largest absolute Gasteiger partial charge is 0.433 e. The number of rotatable bonds is 3. The van der Waals surface area contributed by atoms with Crippen molar-refractivity contribution in [2.24, 2.45) is 0 Å². The van der Waals surface area contributed by atoms with Gasteiger partial charge in [-0.05, 0) is 54.4 Å². The van der Waals surface area contributed by atoms with Crippen LogP contribution in [0.15, 0.2) is 79.4 Å². The van der Waals surface area contributed by atoms with Crippen LogP contribution in [0.3, 0.4) is 0 Å². The Bertz CT molecular complexity index is 1470. The van der Waals surface area contributed by atoms with E-state index in [1.807, 2.05) is 19.1 Å². The molecule has 0 saturated carbocycles. The van der Waals surface area contributed by atoms with Gasteiger partial charge in [0.05, 0.1) is 23.2 Å². The lowest BCUT2D eigenvalue weighted by molar-refractivity contribution is -0.140. The number of fused-ring (bicyclic) bond motifs is 1. The summed E-state index contributed by atoms with van der Waals surface area (Å²) in [7, 11) is 0. The van der Waals surface area contributed by atoms with Crippen LogP contribution in [0.25, 0.3) is 39.0 Å². The average molecular weight is 445 g/mol. The molecule has 0 fully saturated rings. The number of nitrogens with two attached hydrogens (primary N) is 1. The molecule has 0 unspecified atom stereocenters. The number of aromatic nitrogens is 4. The van der Waals surface area contributed by atoms with Crippen molar-refractivity contribution in [2.45, 2.75) is 13.1 Å². The standard InChI is InChI=1S/C25H18F3N5/c1-15-8-9-17(12-30-15)21-13-33(14-31-21)22-7-3-6-19-20(16-4-2-5-18(29)10-16)11-23(25(26,27)28)32-24(19)22/h2-14H,29H2,1H3. The normalized spacial score (nSPS) is 11.8. The van der Waals surface area contributed by atoms with Crippen LogP contribution in [0.1, 0.15) is 11.4 Å². The highest BCUT2D eigenvalue weighted by atomic mass is 19.4. The summed E-state index contributed by atoms with van der Waals surface area (Å²) >= 11 is 0. The Kier molecular flexibility index (Phi) is 4.85. The van der Waals surface area contributed by atoms with E-state index in [1.165, 1.54) is 0 Å². The van der Waals surface area contributed by atoms with Gasteiger partial charge in [-0.15, -0.1) is 0 Å². The van der Waals surface area contributed by atoms with Crippen LogP contribution in [0, 0.1) is 6.92 Å². The first-order chi connectivity index (χ1) is 15.8. The molecule has 5 rings (SSSR count). The van der Waals surface area contributed by atoms with Crippen molar-refractivity contribution in [1.82, 2.24) is 19.5 Å². The summed E-state index contributed by atoms with van der Waals surface area (Å²) in [5.41, 5.74) is 9.44.